The van der Waals surface area contributed by atoms with Gasteiger partial charge in [-0.1, -0.05) is 0 Å². The van der Waals surface area contributed by atoms with Gasteiger partial charge in [0.1, 0.15) is 0 Å². The highest BCUT2D eigenvalue weighted by Gasteiger charge is 2.53. The lowest BCUT2D eigenvalue weighted by molar-refractivity contribution is 0.133. The van der Waals surface area contributed by atoms with Gasteiger partial charge in [0, 0.05) is 6.61 Å². The molecule has 0 radical (unpaired) electrons. The van der Waals surface area contributed by atoms with Gasteiger partial charge in [-0.3, -0.25) is 0 Å². The molecular weight excluding hydrogens is 104 g/mol. The molecule has 2 fully saturated rings. The minimum atomic E-state index is 0.374. The molecule has 0 aromatic carbocycles. The lowest BCUT2D eigenvalue weighted by atomic mass is 10.3. The number of rotatable bonds is 1. The second-order valence-corrected chi connectivity index (χ2v) is 2.71. The van der Waals surface area contributed by atoms with Crippen molar-refractivity contribution < 1.29 is 9.84 Å². The van der Waals surface area contributed by atoms with Gasteiger partial charge in [-0.15, -0.1) is 0 Å². The van der Waals surface area contributed by atoms with E-state index in [-0.39, 0.29) is 0 Å². The Kier molecular flexibility index (Phi) is 0.866. The average Bonchev–Trinajstić information content (AvgIpc) is 2.22. The molecule has 2 aliphatic rings. The lowest BCUT2D eigenvalue weighted by Gasteiger charge is -1.96. The Hall–Kier alpha value is -0.0800. The number of aliphatic hydroxyl groups excluding tert-OH is 1. The summed E-state index contributed by atoms with van der Waals surface area (Å²) >= 11 is 0. The standard InChI is InChI=1S/C6H10O2/c7-1-4-5-2-8-3-6(4)5/h4-7H,1-3H2/t5-,6-/m1/s1. The van der Waals surface area contributed by atoms with Crippen molar-refractivity contribution >= 4 is 0 Å². The predicted octanol–water partition coefficient (Wildman–Crippen LogP) is -0.129. The molecule has 1 heterocycles. The summed E-state index contributed by atoms with van der Waals surface area (Å²) in [5, 5.41) is 8.66. The summed E-state index contributed by atoms with van der Waals surface area (Å²) in [5.41, 5.74) is 0. The average molecular weight is 114 g/mol. The molecule has 0 bridgehead atoms. The van der Waals surface area contributed by atoms with Gasteiger partial charge in [-0.05, 0) is 17.8 Å². The topological polar surface area (TPSA) is 29.5 Å². The lowest BCUT2D eigenvalue weighted by Crippen LogP contribution is -2.00. The molecule has 1 saturated heterocycles. The molecular formula is C6H10O2. The van der Waals surface area contributed by atoms with Gasteiger partial charge < -0.3 is 9.84 Å². The Bertz CT molecular complexity index is 85.9. The maximum Gasteiger partial charge on any atom is 0.0501 e. The molecule has 2 rings (SSSR count). The number of aliphatic hydroxyl groups is 1. The Labute approximate surface area is 48.5 Å². The first-order valence-electron chi connectivity index (χ1n) is 3.12. The highest BCUT2D eigenvalue weighted by Crippen LogP contribution is 2.49. The number of fused-ring (bicyclic) bond motifs is 1. The second kappa shape index (κ2) is 1.45. The van der Waals surface area contributed by atoms with Gasteiger partial charge in [0.05, 0.1) is 13.2 Å². The van der Waals surface area contributed by atoms with E-state index in [1.165, 1.54) is 0 Å². The summed E-state index contributed by atoms with van der Waals surface area (Å²) < 4.78 is 5.13. The number of ether oxygens (including phenoxy) is 1. The van der Waals surface area contributed by atoms with Crippen molar-refractivity contribution in [1.82, 2.24) is 0 Å². The number of hydrogen-bond donors (Lipinski definition) is 1. The molecule has 8 heavy (non-hydrogen) atoms. The molecule has 2 heteroatoms. The first-order valence-corrected chi connectivity index (χ1v) is 3.12. The van der Waals surface area contributed by atoms with Crippen LogP contribution in [0.25, 0.3) is 0 Å². The Morgan fingerprint density at radius 2 is 2.00 bits per heavy atom. The molecule has 1 N–H and O–H groups in total. The van der Waals surface area contributed by atoms with Crippen molar-refractivity contribution in [1.29, 1.82) is 0 Å². The quantitative estimate of drug-likeness (QED) is 0.514. The van der Waals surface area contributed by atoms with Gasteiger partial charge >= 0.3 is 0 Å². The van der Waals surface area contributed by atoms with Crippen LogP contribution in [-0.2, 0) is 4.74 Å². The molecule has 46 valence electrons. The van der Waals surface area contributed by atoms with Crippen LogP contribution in [0, 0.1) is 17.8 Å². The molecule has 0 spiro atoms. The largest absolute Gasteiger partial charge is 0.396 e. The monoisotopic (exact) mass is 114 g/mol. The first-order chi connectivity index (χ1) is 3.93. The van der Waals surface area contributed by atoms with E-state index in [9.17, 15) is 0 Å². The zero-order valence-corrected chi connectivity index (χ0v) is 4.71. The van der Waals surface area contributed by atoms with Crippen LogP contribution in [-0.4, -0.2) is 24.9 Å². The minimum absolute atomic E-state index is 0.374. The van der Waals surface area contributed by atoms with Crippen LogP contribution in [0.3, 0.4) is 0 Å². The normalized spacial score (nSPS) is 51.4. The van der Waals surface area contributed by atoms with Crippen LogP contribution in [0.4, 0.5) is 0 Å². The third-order valence-electron chi connectivity index (χ3n) is 2.34. The molecule has 0 unspecified atom stereocenters. The van der Waals surface area contributed by atoms with Crippen molar-refractivity contribution in [3.05, 3.63) is 0 Å². The van der Waals surface area contributed by atoms with Crippen molar-refractivity contribution in [3.63, 3.8) is 0 Å². The third-order valence-corrected chi connectivity index (χ3v) is 2.34. The summed E-state index contributed by atoms with van der Waals surface area (Å²) in [6, 6.07) is 0. The predicted molar refractivity (Wildman–Crippen MR) is 28.4 cm³/mol. The molecule has 2 nitrogen and oxygen atoms in total. The van der Waals surface area contributed by atoms with Crippen LogP contribution in [0.2, 0.25) is 0 Å². The summed E-state index contributed by atoms with van der Waals surface area (Å²) in [6.07, 6.45) is 0. The molecule has 0 aromatic heterocycles. The molecule has 0 amide bonds. The summed E-state index contributed by atoms with van der Waals surface area (Å²) in [5.74, 6) is 2.05. The molecule has 0 aromatic rings. The van der Waals surface area contributed by atoms with Gasteiger partial charge in [-0.25, -0.2) is 0 Å². The highest BCUT2D eigenvalue weighted by molar-refractivity contribution is 4.99. The molecule has 1 aliphatic carbocycles. The van der Waals surface area contributed by atoms with Crippen molar-refractivity contribution in [2.45, 2.75) is 0 Å². The van der Waals surface area contributed by atoms with E-state index in [0.29, 0.717) is 12.5 Å². The summed E-state index contributed by atoms with van der Waals surface area (Å²) in [4.78, 5) is 0. The van der Waals surface area contributed by atoms with Crippen LogP contribution < -0.4 is 0 Å². The first kappa shape index (κ1) is 4.77. The SMILES string of the molecule is OCC1[C@H]2COC[C@H]12. The fourth-order valence-electron chi connectivity index (χ4n) is 1.63. The maximum atomic E-state index is 8.66. The fraction of sp³-hybridized carbons (Fsp3) is 1.00. The Morgan fingerprint density at radius 3 is 2.38 bits per heavy atom. The second-order valence-electron chi connectivity index (χ2n) is 2.71. The van der Waals surface area contributed by atoms with Gasteiger partial charge in [0.15, 0.2) is 0 Å². The smallest absolute Gasteiger partial charge is 0.0501 e. The van der Waals surface area contributed by atoms with E-state index in [0.717, 1.165) is 25.0 Å². The third kappa shape index (κ3) is 0.446. The van der Waals surface area contributed by atoms with E-state index in [2.05, 4.69) is 0 Å². The van der Waals surface area contributed by atoms with Crippen molar-refractivity contribution in [2.24, 2.45) is 17.8 Å². The van der Waals surface area contributed by atoms with E-state index in [1.54, 1.807) is 0 Å². The van der Waals surface area contributed by atoms with Crippen LogP contribution in [0.1, 0.15) is 0 Å². The minimum Gasteiger partial charge on any atom is -0.396 e. The fourth-order valence-corrected chi connectivity index (χ4v) is 1.63. The zero-order valence-electron chi connectivity index (χ0n) is 4.71. The van der Waals surface area contributed by atoms with Crippen LogP contribution in [0.5, 0.6) is 0 Å². The van der Waals surface area contributed by atoms with Gasteiger partial charge in [-0.2, -0.15) is 0 Å². The van der Waals surface area contributed by atoms with E-state index in [4.69, 9.17) is 9.84 Å². The summed E-state index contributed by atoms with van der Waals surface area (Å²) in [6.45, 7) is 2.17. The van der Waals surface area contributed by atoms with Gasteiger partial charge in [0.25, 0.3) is 0 Å². The molecule has 2 atom stereocenters. The van der Waals surface area contributed by atoms with E-state index < -0.39 is 0 Å². The van der Waals surface area contributed by atoms with Crippen LogP contribution in [0.15, 0.2) is 0 Å². The highest BCUT2D eigenvalue weighted by atomic mass is 16.5. The summed E-state index contributed by atoms with van der Waals surface area (Å²) in [7, 11) is 0. The van der Waals surface area contributed by atoms with Crippen LogP contribution >= 0.6 is 0 Å². The van der Waals surface area contributed by atoms with Gasteiger partial charge in [0.2, 0.25) is 0 Å². The van der Waals surface area contributed by atoms with E-state index in [1.807, 2.05) is 0 Å². The van der Waals surface area contributed by atoms with E-state index >= 15 is 0 Å². The Balaban J connectivity index is 1.94. The molecule has 1 aliphatic heterocycles. The molecule has 1 saturated carbocycles. The zero-order chi connectivity index (χ0) is 5.56. The van der Waals surface area contributed by atoms with Crippen molar-refractivity contribution in [2.75, 3.05) is 19.8 Å². The number of hydrogen-bond acceptors (Lipinski definition) is 2. The van der Waals surface area contributed by atoms with Crippen molar-refractivity contribution in [3.8, 4) is 0 Å². The Morgan fingerprint density at radius 1 is 1.38 bits per heavy atom. The maximum absolute atomic E-state index is 8.66.